The van der Waals surface area contributed by atoms with Crippen LogP contribution in [0.2, 0.25) is 5.28 Å². The van der Waals surface area contributed by atoms with Crippen molar-refractivity contribution in [3.05, 3.63) is 17.1 Å². The van der Waals surface area contributed by atoms with Crippen molar-refractivity contribution in [2.75, 3.05) is 23.3 Å². The molecule has 4 rings (SSSR count). The number of amides is 1. The Morgan fingerprint density at radius 3 is 3.21 bits per heavy atom. The zero-order valence-corrected chi connectivity index (χ0v) is 14.0. The standard InChI is InChI=1S/C13H13ClN8OS/c14-12-18-9-8(15-5-16-9)10(19-12)22-3-1-2-7(4-22)11(23)20-13-21-17-6-24-13/h5-7H,1-4H2,(H,20,21,23)(H,15,16,18,19). The van der Waals surface area contributed by atoms with E-state index in [1.807, 2.05) is 4.90 Å². The average molecular weight is 365 g/mol. The molecular formula is C13H13ClN8OS. The minimum absolute atomic E-state index is 0.0579. The molecule has 124 valence electrons. The number of anilines is 2. The Morgan fingerprint density at radius 2 is 2.38 bits per heavy atom. The van der Waals surface area contributed by atoms with Crippen molar-refractivity contribution in [3.8, 4) is 0 Å². The van der Waals surface area contributed by atoms with Gasteiger partial charge in [-0.3, -0.25) is 4.79 Å². The number of H-pyrrole nitrogens is 1. The zero-order chi connectivity index (χ0) is 16.5. The van der Waals surface area contributed by atoms with E-state index in [-0.39, 0.29) is 17.1 Å². The van der Waals surface area contributed by atoms with Crippen molar-refractivity contribution >= 4 is 51.0 Å². The van der Waals surface area contributed by atoms with E-state index < -0.39 is 0 Å². The summed E-state index contributed by atoms with van der Waals surface area (Å²) in [4.78, 5) is 30.1. The molecule has 11 heteroatoms. The smallest absolute Gasteiger partial charge is 0.231 e. The molecule has 2 N–H and O–H groups in total. The van der Waals surface area contributed by atoms with Gasteiger partial charge >= 0.3 is 0 Å². The molecule has 4 heterocycles. The lowest BCUT2D eigenvalue weighted by atomic mass is 9.97. The molecule has 1 atom stereocenters. The lowest BCUT2D eigenvalue weighted by Crippen LogP contribution is -2.41. The van der Waals surface area contributed by atoms with Gasteiger partial charge in [0, 0.05) is 13.1 Å². The first-order valence-electron chi connectivity index (χ1n) is 7.39. The van der Waals surface area contributed by atoms with Crippen molar-refractivity contribution in [2.24, 2.45) is 5.92 Å². The number of nitrogens with zero attached hydrogens (tertiary/aromatic N) is 6. The quantitative estimate of drug-likeness (QED) is 0.680. The van der Waals surface area contributed by atoms with Gasteiger partial charge in [0.25, 0.3) is 0 Å². The third-order valence-corrected chi connectivity index (χ3v) is 4.70. The van der Waals surface area contributed by atoms with Crippen LogP contribution in [0.1, 0.15) is 12.8 Å². The Balaban J connectivity index is 1.56. The van der Waals surface area contributed by atoms with Crippen molar-refractivity contribution in [3.63, 3.8) is 0 Å². The first-order chi connectivity index (χ1) is 11.7. The summed E-state index contributed by atoms with van der Waals surface area (Å²) < 4.78 is 0. The van der Waals surface area contributed by atoms with Crippen LogP contribution in [0.15, 0.2) is 11.8 Å². The molecule has 1 unspecified atom stereocenters. The fourth-order valence-electron chi connectivity index (χ4n) is 2.84. The average Bonchev–Trinajstić information content (AvgIpc) is 3.25. The minimum atomic E-state index is -0.158. The van der Waals surface area contributed by atoms with Crippen molar-refractivity contribution in [1.29, 1.82) is 0 Å². The highest BCUT2D eigenvalue weighted by atomic mass is 35.5. The van der Waals surface area contributed by atoms with Crippen LogP contribution >= 0.6 is 22.9 Å². The van der Waals surface area contributed by atoms with Crippen LogP contribution in [0.3, 0.4) is 0 Å². The summed E-state index contributed by atoms with van der Waals surface area (Å²) in [5.74, 6) is 0.461. The summed E-state index contributed by atoms with van der Waals surface area (Å²) in [5, 5.41) is 11.0. The van der Waals surface area contributed by atoms with Crippen LogP contribution in [0.4, 0.5) is 10.9 Å². The number of fused-ring (bicyclic) bond motifs is 1. The number of carbonyl (C=O) groups is 1. The maximum Gasteiger partial charge on any atom is 0.231 e. The molecule has 1 amide bonds. The van der Waals surface area contributed by atoms with Gasteiger partial charge in [0.2, 0.25) is 16.3 Å². The van der Waals surface area contributed by atoms with Crippen molar-refractivity contribution in [2.45, 2.75) is 12.8 Å². The number of aromatic amines is 1. The summed E-state index contributed by atoms with van der Waals surface area (Å²) in [6.07, 6.45) is 3.25. The topological polar surface area (TPSA) is 113 Å². The van der Waals surface area contributed by atoms with Crippen molar-refractivity contribution < 1.29 is 4.79 Å². The van der Waals surface area contributed by atoms with Gasteiger partial charge in [-0.2, -0.15) is 9.97 Å². The Bertz CT molecular complexity index is 866. The predicted molar refractivity (Wildman–Crippen MR) is 90.2 cm³/mol. The highest BCUT2D eigenvalue weighted by Gasteiger charge is 2.28. The van der Waals surface area contributed by atoms with E-state index in [0.717, 1.165) is 24.9 Å². The Labute approximate surface area is 145 Å². The Kier molecular flexibility index (Phi) is 3.98. The Morgan fingerprint density at radius 1 is 1.46 bits per heavy atom. The van der Waals surface area contributed by atoms with Gasteiger partial charge in [0.15, 0.2) is 11.5 Å². The molecule has 1 aliphatic rings. The van der Waals surface area contributed by atoms with Gasteiger partial charge in [-0.1, -0.05) is 11.3 Å². The summed E-state index contributed by atoms with van der Waals surface area (Å²) >= 11 is 7.30. The van der Waals surface area contributed by atoms with E-state index in [9.17, 15) is 4.79 Å². The normalized spacial score (nSPS) is 18.0. The highest BCUT2D eigenvalue weighted by Crippen LogP contribution is 2.28. The second kappa shape index (κ2) is 6.29. The van der Waals surface area contributed by atoms with E-state index in [0.29, 0.717) is 23.1 Å². The van der Waals surface area contributed by atoms with Gasteiger partial charge in [-0.15, -0.1) is 10.2 Å². The molecule has 0 radical (unpaired) electrons. The van der Waals surface area contributed by atoms with Gasteiger partial charge in [0.1, 0.15) is 11.0 Å². The summed E-state index contributed by atoms with van der Waals surface area (Å²) in [7, 11) is 0. The maximum atomic E-state index is 12.4. The molecule has 24 heavy (non-hydrogen) atoms. The third kappa shape index (κ3) is 2.89. The van der Waals surface area contributed by atoms with Crippen LogP contribution in [-0.2, 0) is 4.79 Å². The molecule has 0 saturated carbocycles. The second-order valence-corrected chi connectivity index (χ2v) is 6.61. The van der Waals surface area contributed by atoms with Crippen LogP contribution < -0.4 is 10.2 Å². The SMILES string of the molecule is O=C(Nc1nncs1)C1CCCN(c2nc(Cl)nc3nc[nH]c23)C1. The molecule has 3 aromatic rings. The number of piperidine rings is 1. The monoisotopic (exact) mass is 364 g/mol. The van der Waals surface area contributed by atoms with E-state index in [1.165, 1.54) is 11.3 Å². The molecule has 0 bridgehead atoms. The summed E-state index contributed by atoms with van der Waals surface area (Å²) in [5.41, 5.74) is 2.83. The first kappa shape index (κ1) is 15.2. The van der Waals surface area contributed by atoms with Crippen molar-refractivity contribution in [1.82, 2.24) is 30.1 Å². The van der Waals surface area contributed by atoms with Gasteiger partial charge < -0.3 is 15.2 Å². The van der Waals surface area contributed by atoms with E-state index in [4.69, 9.17) is 11.6 Å². The maximum absolute atomic E-state index is 12.4. The zero-order valence-electron chi connectivity index (χ0n) is 12.4. The van der Waals surface area contributed by atoms with Gasteiger partial charge in [-0.05, 0) is 24.4 Å². The van der Waals surface area contributed by atoms with Crippen LogP contribution in [0, 0.1) is 5.92 Å². The molecule has 1 saturated heterocycles. The van der Waals surface area contributed by atoms with E-state index in [2.05, 4.69) is 35.5 Å². The van der Waals surface area contributed by atoms with Gasteiger partial charge in [0.05, 0.1) is 12.2 Å². The highest BCUT2D eigenvalue weighted by molar-refractivity contribution is 7.13. The molecular weight excluding hydrogens is 352 g/mol. The number of hydrogen-bond donors (Lipinski definition) is 2. The third-order valence-electron chi connectivity index (χ3n) is 3.92. The van der Waals surface area contributed by atoms with Crippen LogP contribution in [0.25, 0.3) is 11.2 Å². The summed E-state index contributed by atoms with van der Waals surface area (Å²) in [6, 6.07) is 0. The number of rotatable bonds is 3. The molecule has 0 spiro atoms. The lowest BCUT2D eigenvalue weighted by molar-refractivity contribution is -0.120. The fraction of sp³-hybridized carbons (Fsp3) is 0.385. The van der Waals surface area contributed by atoms with E-state index >= 15 is 0 Å². The summed E-state index contributed by atoms with van der Waals surface area (Å²) in [6.45, 7) is 1.34. The lowest BCUT2D eigenvalue weighted by Gasteiger charge is -2.32. The number of hydrogen-bond acceptors (Lipinski definition) is 8. The number of aromatic nitrogens is 6. The van der Waals surface area contributed by atoms with Crippen LogP contribution in [-0.4, -0.2) is 49.1 Å². The first-order valence-corrected chi connectivity index (χ1v) is 8.65. The molecule has 9 nitrogen and oxygen atoms in total. The second-order valence-electron chi connectivity index (χ2n) is 5.44. The van der Waals surface area contributed by atoms with Crippen LogP contribution in [0.5, 0.6) is 0 Å². The number of imidazole rings is 1. The van der Waals surface area contributed by atoms with Gasteiger partial charge in [-0.25, -0.2) is 4.98 Å². The fourth-order valence-corrected chi connectivity index (χ4v) is 3.45. The molecule has 0 aromatic carbocycles. The minimum Gasteiger partial charge on any atom is -0.354 e. The van der Waals surface area contributed by atoms with E-state index in [1.54, 1.807) is 11.8 Å². The predicted octanol–water partition coefficient (Wildman–Crippen LogP) is 1.71. The molecule has 1 fully saturated rings. The number of carbonyl (C=O) groups excluding carboxylic acids is 1. The molecule has 0 aliphatic carbocycles. The number of halogens is 1. The molecule has 3 aromatic heterocycles. The Hall–Kier alpha value is -2.33. The largest absolute Gasteiger partial charge is 0.354 e. The number of nitrogens with one attached hydrogen (secondary N) is 2. The molecule has 1 aliphatic heterocycles.